The highest BCUT2D eigenvalue weighted by molar-refractivity contribution is 7.80. The van der Waals surface area contributed by atoms with E-state index in [1.165, 1.54) is 5.56 Å². The summed E-state index contributed by atoms with van der Waals surface area (Å²) in [6.07, 6.45) is 3.11. The van der Waals surface area contributed by atoms with Gasteiger partial charge in [-0.05, 0) is 54.9 Å². The molecule has 130 valence electrons. The summed E-state index contributed by atoms with van der Waals surface area (Å²) in [6.45, 7) is 2.45. The summed E-state index contributed by atoms with van der Waals surface area (Å²) >= 11 is 5.29. The lowest BCUT2D eigenvalue weighted by Gasteiger charge is -2.18. The molecule has 1 heterocycles. The molecule has 1 saturated heterocycles. The number of amides is 1. The molecular weight excluding hydrogens is 332 g/mol. The molecule has 0 spiro atoms. The molecule has 1 aliphatic rings. The molecule has 1 N–H and O–H groups in total. The Labute approximate surface area is 153 Å². The van der Waals surface area contributed by atoms with Crippen LogP contribution in [0.25, 0.3) is 0 Å². The van der Waals surface area contributed by atoms with E-state index >= 15 is 0 Å². The molecule has 0 bridgehead atoms. The van der Waals surface area contributed by atoms with E-state index < -0.39 is 0 Å². The van der Waals surface area contributed by atoms with E-state index in [0.717, 1.165) is 38.1 Å². The molecule has 0 aliphatic carbocycles. The monoisotopic (exact) mass is 354 g/mol. The van der Waals surface area contributed by atoms with Crippen LogP contribution in [0, 0.1) is 0 Å². The molecule has 0 atom stereocenters. The van der Waals surface area contributed by atoms with E-state index in [9.17, 15) is 4.79 Å². The average Bonchev–Trinajstić information content (AvgIpc) is 3.18. The zero-order valence-corrected chi connectivity index (χ0v) is 14.9. The van der Waals surface area contributed by atoms with Crippen LogP contribution in [0.1, 0.15) is 28.8 Å². The minimum atomic E-state index is -0.173. The lowest BCUT2D eigenvalue weighted by atomic mass is 10.2. The molecule has 1 fully saturated rings. The van der Waals surface area contributed by atoms with E-state index in [1.807, 2.05) is 35.2 Å². The number of nitrogens with one attached hydrogen (secondary N) is 1. The summed E-state index contributed by atoms with van der Waals surface area (Å²) in [5.41, 5.74) is 1.82. The van der Waals surface area contributed by atoms with Gasteiger partial charge >= 0.3 is 0 Å². The number of carbonyl (C=O) groups is 1. The first-order chi connectivity index (χ1) is 12.2. The lowest BCUT2D eigenvalue weighted by Crippen LogP contribution is -2.41. The number of thiocarbonyl (C=S) groups is 1. The molecule has 5 heteroatoms. The normalized spacial score (nSPS) is 13.5. The molecule has 0 aromatic heterocycles. The third-order valence-corrected chi connectivity index (χ3v) is 4.59. The SMILES string of the molecule is O=C(NC(=S)N1CCCC1)c1ccc(OCCc2ccccc2)cc1. The number of hydrogen-bond donors (Lipinski definition) is 1. The van der Waals surface area contributed by atoms with Crippen molar-refractivity contribution in [2.75, 3.05) is 19.7 Å². The maximum Gasteiger partial charge on any atom is 0.257 e. The summed E-state index contributed by atoms with van der Waals surface area (Å²) in [7, 11) is 0. The van der Waals surface area contributed by atoms with Crippen molar-refractivity contribution in [1.29, 1.82) is 0 Å². The zero-order valence-electron chi connectivity index (χ0n) is 14.1. The lowest BCUT2D eigenvalue weighted by molar-refractivity contribution is 0.0974. The van der Waals surface area contributed by atoms with Gasteiger partial charge in [0, 0.05) is 25.1 Å². The predicted molar refractivity (Wildman–Crippen MR) is 103 cm³/mol. The molecule has 2 aromatic carbocycles. The van der Waals surface area contributed by atoms with Gasteiger partial charge in [0.15, 0.2) is 5.11 Å². The van der Waals surface area contributed by atoms with Crippen molar-refractivity contribution < 1.29 is 9.53 Å². The van der Waals surface area contributed by atoms with Gasteiger partial charge in [-0.1, -0.05) is 30.3 Å². The Balaban J connectivity index is 1.47. The van der Waals surface area contributed by atoms with Gasteiger partial charge < -0.3 is 9.64 Å². The number of hydrogen-bond acceptors (Lipinski definition) is 3. The van der Waals surface area contributed by atoms with Crippen molar-refractivity contribution in [3.8, 4) is 5.75 Å². The minimum Gasteiger partial charge on any atom is -0.493 e. The van der Waals surface area contributed by atoms with Crippen molar-refractivity contribution in [3.63, 3.8) is 0 Å². The summed E-state index contributed by atoms with van der Waals surface area (Å²) < 4.78 is 5.74. The molecule has 0 saturated carbocycles. The summed E-state index contributed by atoms with van der Waals surface area (Å²) in [5.74, 6) is 0.585. The molecule has 3 rings (SSSR count). The second-order valence-electron chi connectivity index (χ2n) is 6.06. The Bertz CT molecular complexity index is 710. The van der Waals surface area contributed by atoms with Crippen LogP contribution in [0.5, 0.6) is 5.75 Å². The van der Waals surface area contributed by atoms with Gasteiger partial charge in [-0.3, -0.25) is 10.1 Å². The van der Waals surface area contributed by atoms with E-state index in [1.54, 1.807) is 12.1 Å². The third kappa shape index (κ3) is 5.03. The molecule has 1 aliphatic heterocycles. The van der Waals surface area contributed by atoms with Gasteiger partial charge in [-0.15, -0.1) is 0 Å². The third-order valence-electron chi connectivity index (χ3n) is 4.23. The van der Waals surface area contributed by atoms with Gasteiger partial charge in [0.1, 0.15) is 5.75 Å². The van der Waals surface area contributed by atoms with Crippen molar-refractivity contribution in [2.24, 2.45) is 0 Å². The van der Waals surface area contributed by atoms with Crippen molar-refractivity contribution >= 4 is 23.2 Å². The number of likely N-dealkylation sites (tertiary alicyclic amines) is 1. The van der Waals surface area contributed by atoms with Crippen molar-refractivity contribution in [2.45, 2.75) is 19.3 Å². The molecule has 25 heavy (non-hydrogen) atoms. The Morgan fingerprint density at radius 2 is 1.72 bits per heavy atom. The Morgan fingerprint density at radius 1 is 1.04 bits per heavy atom. The van der Waals surface area contributed by atoms with E-state index in [2.05, 4.69) is 17.4 Å². The van der Waals surface area contributed by atoms with Crippen LogP contribution < -0.4 is 10.1 Å². The quantitative estimate of drug-likeness (QED) is 0.836. The molecular formula is C20H22N2O2S. The highest BCUT2D eigenvalue weighted by Gasteiger charge is 2.17. The summed E-state index contributed by atoms with van der Waals surface area (Å²) in [5, 5.41) is 3.32. The van der Waals surface area contributed by atoms with Crippen molar-refractivity contribution in [3.05, 3.63) is 65.7 Å². The largest absolute Gasteiger partial charge is 0.493 e. The topological polar surface area (TPSA) is 41.6 Å². The average molecular weight is 354 g/mol. The van der Waals surface area contributed by atoms with Gasteiger partial charge in [-0.2, -0.15) is 0 Å². The molecule has 2 aromatic rings. The minimum absolute atomic E-state index is 0.173. The van der Waals surface area contributed by atoms with Gasteiger partial charge in [-0.25, -0.2) is 0 Å². The van der Waals surface area contributed by atoms with Crippen LogP contribution in [-0.2, 0) is 6.42 Å². The molecule has 0 unspecified atom stereocenters. The number of carbonyl (C=O) groups excluding carboxylic acids is 1. The summed E-state index contributed by atoms with van der Waals surface area (Å²) in [6, 6.07) is 17.4. The molecule has 0 radical (unpaired) electrons. The first-order valence-corrected chi connectivity index (χ1v) is 9.00. The van der Waals surface area contributed by atoms with E-state index in [-0.39, 0.29) is 5.91 Å². The van der Waals surface area contributed by atoms with Crippen LogP contribution >= 0.6 is 12.2 Å². The number of ether oxygens (including phenoxy) is 1. The fraction of sp³-hybridized carbons (Fsp3) is 0.300. The van der Waals surface area contributed by atoms with Gasteiger partial charge in [0.25, 0.3) is 5.91 Å². The number of benzene rings is 2. The molecule has 1 amide bonds. The fourth-order valence-corrected chi connectivity index (χ4v) is 3.08. The Morgan fingerprint density at radius 3 is 2.40 bits per heavy atom. The van der Waals surface area contributed by atoms with Crippen molar-refractivity contribution in [1.82, 2.24) is 10.2 Å². The first kappa shape index (κ1) is 17.4. The second-order valence-corrected chi connectivity index (χ2v) is 6.45. The highest BCUT2D eigenvalue weighted by Crippen LogP contribution is 2.13. The predicted octanol–water partition coefficient (Wildman–Crippen LogP) is 3.42. The highest BCUT2D eigenvalue weighted by atomic mass is 32.1. The number of rotatable bonds is 5. The smallest absolute Gasteiger partial charge is 0.257 e. The van der Waals surface area contributed by atoms with Crippen LogP contribution in [-0.4, -0.2) is 35.6 Å². The van der Waals surface area contributed by atoms with E-state index in [4.69, 9.17) is 17.0 Å². The maximum absolute atomic E-state index is 12.3. The van der Waals surface area contributed by atoms with Crippen LogP contribution in [0.4, 0.5) is 0 Å². The van der Waals surface area contributed by atoms with Gasteiger partial charge in [0.05, 0.1) is 6.61 Å². The fourth-order valence-electron chi connectivity index (χ4n) is 2.80. The summed E-state index contributed by atoms with van der Waals surface area (Å²) in [4.78, 5) is 14.3. The maximum atomic E-state index is 12.3. The molecule has 4 nitrogen and oxygen atoms in total. The standard InChI is InChI=1S/C20H22N2O2S/c23-19(21-20(25)22-13-4-5-14-22)17-8-10-18(11-9-17)24-15-12-16-6-2-1-3-7-16/h1-3,6-11H,4-5,12-15H2,(H,21,23,25). The van der Waals surface area contributed by atoms with Crippen LogP contribution in [0.15, 0.2) is 54.6 Å². The Hall–Kier alpha value is -2.40. The zero-order chi connectivity index (χ0) is 17.5. The Kier molecular flexibility index (Phi) is 6.01. The second kappa shape index (κ2) is 8.62. The van der Waals surface area contributed by atoms with Crippen LogP contribution in [0.2, 0.25) is 0 Å². The van der Waals surface area contributed by atoms with Crippen LogP contribution in [0.3, 0.4) is 0 Å². The first-order valence-electron chi connectivity index (χ1n) is 8.59. The number of nitrogens with zero attached hydrogens (tertiary/aromatic N) is 1. The van der Waals surface area contributed by atoms with E-state index in [0.29, 0.717) is 17.3 Å². The van der Waals surface area contributed by atoms with Gasteiger partial charge in [0.2, 0.25) is 0 Å².